The second-order valence-electron chi connectivity index (χ2n) is 7.19. The number of aromatic nitrogens is 7. The van der Waals surface area contributed by atoms with Gasteiger partial charge in [-0.25, -0.2) is 15.0 Å². The highest BCUT2D eigenvalue weighted by atomic mass is 32.1. The SMILES string of the molecule is c1ccc2sc(-c3nc(Nc4cnn(C5CCOCC5)c4)c4[nH]ncc4n3)nc2c1. The topological polar surface area (TPSA) is 106 Å². The number of benzene rings is 1. The average molecular weight is 418 g/mol. The summed E-state index contributed by atoms with van der Waals surface area (Å²) in [6.07, 6.45) is 7.47. The van der Waals surface area contributed by atoms with E-state index in [1.54, 1.807) is 17.5 Å². The molecule has 1 fully saturated rings. The molecule has 0 amide bonds. The lowest BCUT2D eigenvalue weighted by Gasteiger charge is -2.22. The minimum Gasteiger partial charge on any atom is -0.381 e. The van der Waals surface area contributed by atoms with Gasteiger partial charge in [0.2, 0.25) is 0 Å². The third-order valence-corrected chi connectivity index (χ3v) is 6.25. The van der Waals surface area contributed by atoms with E-state index in [2.05, 4.69) is 31.7 Å². The van der Waals surface area contributed by atoms with Crippen LogP contribution in [0.1, 0.15) is 18.9 Å². The number of hydrogen-bond donors (Lipinski definition) is 2. The van der Waals surface area contributed by atoms with Crippen molar-refractivity contribution in [3.63, 3.8) is 0 Å². The highest BCUT2D eigenvalue weighted by Crippen LogP contribution is 2.31. The van der Waals surface area contributed by atoms with E-state index in [1.165, 1.54) is 0 Å². The molecule has 5 aromatic rings. The highest BCUT2D eigenvalue weighted by molar-refractivity contribution is 7.21. The number of hydrogen-bond acceptors (Lipinski definition) is 8. The maximum absolute atomic E-state index is 5.45. The summed E-state index contributed by atoms with van der Waals surface area (Å²) in [5.41, 5.74) is 3.30. The van der Waals surface area contributed by atoms with E-state index in [0.717, 1.165) is 58.0 Å². The van der Waals surface area contributed by atoms with Gasteiger partial charge >= 0.3 is 0 Å². The molecule has 1 saturated heterocycles. The molecule has 0 bridgehead atoms. The number of anilines is 2. The van der Waals surface area contributed by atoms with Gasteiger partial charge in [0.05, 0.1) is 34.3 Å². The zero-order chi connectivity index (χ0) is 19.9. The number of H-pyrrole nitrogens is 1. The predicted octanol–water partition coefficient (Wildman–Crippen LogP) is 3.92. The number of aromatic amines is 1. The molecule has 10 heteroatoms. The summed E-state index contributed by atoms with van der Waals surface area (Å²) in [5.74, 6) is 1.22. The van der Waals surface area contributed by atoms with E-state index < -0.39 is 0 Å². The molecular formula is C20H18N8OS. The van der Waals surface area contributed by atoms with Gasteiger partial charge in [-0.2, -0.15) is 10.2 Å². The van der Waals surface area contributed by atoms with E-state index in [1.807, 2.05) is 35.3 Å². The van der Waals surface area contributed by atoms with Gasteiger partial charge < -0.3 is 10.1 Å². The molecule has 0 radical (unpaired) electrons. The molecule has 1 aliphatic heterocycles. The molecule has 0 aliphatic carbocycles. The van der Waals surface area contributed by atoms with Crippen LogP contribution in [0.4, 0.5) is 11.5 Å². The van der Waals surface area contributed by atoms with Crippen molar-refractivity contribution < 1.29 is 4.74 Å². The van der Waals surface area contributed by atoms with E-state index in [9.17, 15) is 0 Å². The third-order valence-electron chi connectivity index (χ3n) is 5.21. The first-order valence-corrected chi connectivity index (χ1v) is 10.6. The number of thiazole rings is 1. The summed E-state index contributed by atoms with van der Waals surface area (Å²) in [6.45, 7) is 1.55. The van der Waals surface area contributed by atoms with Crippen LogP contribution in [0.5, 0.6) is 0 Å². The maximum atomic E-state index is 5.45. The van der Waals surface area contributed by atoms with Crippen molar-refractivity contribution in [3.05, 3.63) is 42.9 Å². The van der Waals surface area contributed by atoms with Gasteiger partial charge in [0.1, 0.15) is 11.0 Å². The van der Waals surface area contributed by atoms with Crippen LogP contribution in [0, 0.1) is 0 Å². The summed E-state index contributed by atoms with van der Waals surface area (Å²) in [6, 6.07) is 8.40. The molecule has 1 aliphatic rings. The van der Waals surface area contributed by atoms with Gasteiger partial charge in [0.25, 0.3) is 0 Å². The molecule has 5 heterocycles. The molecule has 0 atom stereocenters. The van der Waals surface area contributed by atoms with Crippen molar-refractivity contribution in [1.82, 2.24) is 34.9 Å². The molecule has 9 nitrogen and oxygen atoms in total. The zero-order valence-electron chi connectivity index (χ0n) is 15.9. The Kier molecular flexibility index (Phi) is 4.17. The molecule has 4 aromatic heterocycles. The van der Waals surface area contributed by atoms with E-state index >= 15 is 0 Å². The van der Waals surface area contributed by atoms with Crippen molar-refractivity contribution in [2.45, 2.75) is 18.9 Å². The Morgan fingerprint density at radius 3 is 2.87 bits per heavy atom. The summed E-state index contributed by atoms with van der Waals surface area (Å²) >= 11 is 1.58. The molecule has 0 unspecified atom stereocenters. The van der Waals surface area contributed by atoms with Crippen LogP contribution in [-0.4, -0.2) is 48.1 Å². The number of nitrogens with zero attached hydrogens (tertiary/aromatic N) is 6. The minimum absolute atomic E-state index is 0.366. The minimum atomic E-state index is 0.366. The molecule has 0 saturated carbocycles. The quantitative estimate of drug-likeness (QED) is 0.455. The smallest absolute Gasteiger partial charge is 0.191 e. The molecule has 1 aromatic carbocycles. The zero-order valence-corrected chi connectivity index (χ0v) is 16.8. The lowest BCUT2D eigenvalue weighted by molar-refractivity contribution is 0.0662. The van der Waals surface area contributed by atoms with E-state index in [0.29, 0.717) is 17.7 Å². The van der Waals surface area contributed by atoms with Crippen LogP contribution in [-0.2, 0) is 4.74 Å². The Morgan fingerprint density at radius 2 is 1.97 bits per heavy atom. The summed E-state index contributed by atoms with van der Waals surface area (Å²) in [5, 5.41) is 15.8. The monoisotopic (exact) mass is 418 g/mol. The molecule has 0 spiro atoms. The Balaban J connectivity index is 1.36. The number of nitrogens with one attached hydrogen (secondary N) is 2. The number of para-hydroxylation sites is 1. The van der Waals surface area contributed by atoms with Crippen LogP contribution in [0.25, 0.3) is 32.1 Å². The molecule has 30 heavy (non-hydrogen) atoms. The van der Waals surface area contributed by atoms with Gasteiger partial charge in [0, 0.05) is 19.4 Å². The average Bonchev–Trinajstić information content (AvgIpc) is 3.53. The Bertz CT molecular complexity index is 1300. The molecule has 150 valence electrons. The van der Waals surface area contributed by atoms with Gasteiger partial charge in [-0.3, -0.25) is 9.78 Å². The lowest BCUT2D eigenvalue weighted by atomic mass is 10.1. The van der Waals surface area contributed by atoms with Crippen LogP contribution in [0.2, 0.25) is 0 Å². The molecule has 2 N–H and O–H groups in total. The van der Waals surface area contributed by atoms with Crippen LogP contribution in [0.3, 0.4) is 0 Å². The van der Waals surface area contributed by atoms with Crippen molar-refractivity contribution in [1.29, 1.82) is 0 Å². The van der Waals surface area contributed by atoms with Gasteiger partial charge in [-0.05, 0) is 25.0 Å². The Morgan fingerprint density at radius 1 is 1.07 bits per heavy atom. The number of ether oxygens (including phenoxy) is 1. The Hall–Kier alpha value is -3.37. The van der Waals surface area contributed by atoms with Crippen molar-refractivity contribution in [2.24, 2.45) is 0 Å². The van der Waals surface area contributed by atoms with Crippen LogP contribution in [0.15, 0.2) is 42.9 Å². The van der Waals surface area contributed by atoms with Crippen molar-refractivity contribution >= 4 is 44.1 Å². The fourth-order valence-corrected chi connectivity index (χ4v) is 4.58. The van der Waals surface area contributed by atoms with Crippen LogP contribution >= 0.6 is 11.3 Å². The van der Waals surface area contributed by atoms with Crippen molar-refractivity contribution in [3.8, 4) is 10.8 Å². The van der Waals surface area contributed by atoms with Gasteiger partial charge in [0.15, 0.2) is 16.6 Å². The predicted molar refractivity (Wildman–Crippen MR) is 115 cm³/mol. The fraction of sp³-hybridized carbons (Fsp3) is 0.250. The number of fused-ring (bicyclic) bond motifs is 2. The van der Waals surface area contributed by atoms with Gasteiger partial charge in [-0.15, -0.1) is 11.3 Å². The first-order chi connectivity index (χ1) is 14.8. The summed E-state index contributed by atoms with van der Waals surface area (Å²) in [4.78, 5) is 14.1. The largest absolute Gasteiger partial charge is 0.381 e. The highest BCUT2D eigenvalue weighted by Gasteiger charge is 2.18. The third kappa shape index (κ3) is 3.10. The van der Waals surface area contributed by atoms with E-state index in [-0.39, 0.29) is 0 Å². The molecular weight excluding hydrogens is 400 g/mol. The molecule has 6 rings (SSSR count). The normalized spacial score (nSPS) is 15.2. The van der Waals surface area contributed by atoms with Gasteiger partial charge in [-0.1, -0.05) is 12.1 Å². The second kappa shape index (κ2) is 7.15. The standard InChI is InChI=1S/C20H18N8OS/c1-2-4-16-14(3-1)25-20(30-16)19-24-15-10-21-27-17(15)18(26-19)23-12-9-22-28(11-12)13-5-7-29-8-6-13/h1-4,9-11,13H,5-8H2,(H,21,27)(H,23,24,26). The lowest BCUT2D eigenvalue weighted by Crippen LogP contribution is -2.19. The van der Waals surface area contributed by atoms with Crippen LogP contribution < -0.4 is 5.32 Å². The number of rotatable bonds is 4. The van der Waals surface area contributed by atoms with E-state index in [4.69, 9.17) is 14.7 Å². The van der Waals surface area contributed by atoms with Crippen molar-refractivity contribution in [2.75, 3.05) is 18.5 Å². The Labute approximate surface area is 175 Å². The fourth-order valence-electron chi connectivity index (χ4n) is 3.68. The summed E-state index contributed by atoms with van der Waals surface area (Å²) < 4.78 is 8.56. The maximum Gasteiger partial charge on any atom is 0.191 e. The first-order valence-electron chi connectivity index (χ1n) is 9.79. The first kappa shape index (κ1) is 17.5. The summed E-state index contributed by atoms with van der Waals surface area (Å²) in [7, 11) is 0. The second-order valence-corrected chi connectivity index (χ2v) is 8.22.